The molecule has 2 fully saturated rings. The van der Waals surface area contributed by atoms with Gasteiger partial charge in [0.2, 0.25) is 11.8 Å². The van der Waals surface area contributed by atoms with Crippen LogP contribution in [0, 0.1) is 11.7 Å². The third kappa shape index (κ3) is 5.51. The molecule has 2 amide bonds. The van der Waals surface area contributed by atoms with Crippen molar-refractivity contribution in [2.24, 2.45) is 5.92 Å². The van der Waals surface area contributed by atoms with Crippen molar-refractivity contribution in [3.05, 3.63) is 35.6 Å². The SMILES string of the molecule is CN(Cc1ccc(F)cc1)C(=O)C[C@@H]1C(=O)NCCN1CC1CCCCC1. The molecule has 0 aromatic heterocycles. The van der Waals surface area contributed by atoms with Crippen molar-refractivity contribution in [1.29, 1.82) is 0 Å². The maximum Gasteiger partial charge on any atom is 0.237 e. The highest BCUT2D eigenvalue weighted by Crippen LogP contribution is 2.26. The van der Waals surface area contributed by atoms with Gasteiger partial charge in [-0.05, 0) is 36.5 Å². The summed E-state index contributed by atoms with van der Waals surface area (Å²) in [6, 6.07) is 5.77. The summed E-state index contributed by atoms with van der Waals surface area (Å²) in [6.45, 7) is 2.78. The molecule has 1 aliphatic carbocycles. The molecule has 1 aliphatic heterocycles. The van der Waals surface area contributed by atoms with Crippen LogP contribution in [-0.2, 0) is 16.1 Å². The second-order valence-corrected chi connectivity index (χ2v) is 7.89. The van der Waals surface area contributed by atoms with Crippen molar-refractivity contribution < 1.29 is 14.0 Å². The lowest BCUT2D eigenvalue weighted by molar-refractivity contribution is -0.138. The highest BCUT2D eigenvalue weighted by Gasteiger charge is 2.33. The Hall–Kier alpha value is -1.95. The molecule has 1 saturated carbocycles. The first-order chi connectivity index (χ1) is 13.0. The van der Waals surface area contributed by atoms with E-state index in [4.69, 9.17) is 0 Å². The van der Waals surface area contributed by atoms with E-state index in [0.29, 0.717) is 19.0 Å². The number of nitrogens with one attached hydrogen (secondary N) is 1. The molecule has 6 heteroatoms. The number of piperazine rings is 1. The number of carbonyl (C=O) groups excluding carboxylic acids is 2. The zero-order valence-corrected chi connectivity index (χ0v) is 16.1. The van der Waals surface area contributed by atoms with Crippen LogP contribution in [0.25, 0.3) is 0 Å². The minimum atomic E-state index is -0.385. The zero-order chi connectivity index (χ0) is 19.2. The molecular weight excluding hydrogens is 345 g/mol. The number of carbonyl (C=O) groups is 2. The first-order valence-electron chi connectivity index (χ1n) is 10.0. The normalized spacial score (nSPS) is 21.7. The van der Waals surface area contributed by atoms with Crippen molar-refractivity contribution in [2.75, 3.05) is 26.7 Å². The lowest BCUT2D eigenvalue weighted by Gasteiger charge is -2.38. The Balaban J connectivity index is 1.58. The fourth-order valence-corrected chi connectivity index (χ4v) is 4.18. The molecule has 27 heavy (non-hydrogen) atoms. The van der Waals surface area contributed by atoms with Gasteiger partial charge in [0.25, 0.3) is 0 Å². The fraction of sp³-hybridized carbons (Fsp3) is 0.619. The van der Waals surface area contributed by atoms with Gasteiger partial charge in [0, 0.05) is 33.2 Å². The van der Waals surface area contributed by atoms with Crippen molar-refractivity contribution >= 4 is 11.8 Å². The molecular formula is C21H30FN3O2. The molecule has 1 atom stereocenters. The summed E-state index contributed by atoms with van der Waals surface area (Å²) >= 11 is 0. The summed E-state index contributed by atoms with van der Waals surface area (Å²) in [5, 5.41) is 2.91. The van der Waals surface area contributed by atoms with Crippen LogP contribution < -0.4 is 5.32 Å². The standard InChI is InChI=1S/C21H30FN3O2/c1-24(14-17-7-9-18(22)10-8-17)20(26)13-19-21(27)23-11-12-25(19)15-16-5-3-2-4-6-16/h7-10,16,19H,2-6,11-15H2,1H3,(H,23,27)/t19-/m1/s1. The van der Waals surface area contributed by atoms with Gasteiger partial charge >= 0.3 is 0 Å². The van der Waals surface area contributed by atoms with Gasteiger partial charge in [-0.1, -0.05) is 31.4 Å². The molecule has 1 aromatic rings. The Labute approximate surface area is 160 Å². The van der Waals surface area contributed by atoms with Crippen LogP contribution in [0.1, 0.15) is 44.1 Å². The summed E-state index contributed by atoms with van der Waals surface area (Å²) in [5.74, 6) is 0.250. The molecule has 3 rings (SSSR count). The first-order valence-corrected chi connectivity index (χ1v) is 10.0. The maximum atomic E-state index is 13.0. The van der Waals surface area contributed by atoms with Crippen molar-refractivity contribution in [3.8, 4) is 0 Å². The highest BCUT2D eigenvalue weighted by molar-refractivity contribution is 5.88. The summed E-state index contributed by atoms with van der Waals surface area (Å²) in [7, 11) is 1.73. The van der Waals surface area contributed by atoms with E-state index in [0.717, 1.165) is 18.7 Å². The maximum absolute atomic E-state index is 13.0. The highest BCUT2D eigenvalue weighted by atomic mass is 19.1. The van der Waals surface area contributed by atoms with Crippen molar-refractivity contribution in [2.45, 2.75) is 51.1 Å². The lowest BCUT2D eigenvalue weighted by atomic mass is 9.88. The average Bonchev–Trinajstić information content (AvgIpc) is 2.67. The smallest absolute Gasteiger partial charge is 0.237 e. The second kappa shape index (κ2) is 9.31. The number of hydrogen-bond donors (Lipinski definition) is 1. The van der Waals surface area contributed by atoms with Gasteiger partial charge in [-0.3, -0.25) is 14.5 Å². The van der Waals surface area contributed by atoms with Crippen molar-refractivity contribution in [3.63, 3.8) is 0 Å². The van der Waals surface area contributed by atoms with Gasteiger partial charge in [0.05, 0.1) is 12.5 Å². The monoisotopic (exact) mass is 375 g/mol. The van der Waals surface area contributed by atoms with Crippen LogP contribution in [0.15, 0.2) is 24.3 Å². The molecule has 1 saturated heterocycles. The van der Waals surface area contributed by atoms with Gasteiger partial charge in [-0.15, -0.1) is 0 Å². The number of benzene rings is 1. The fourth-order valence-electron chi connectivity index (χ4n) is 4.18. The van der Waals surface area contributed by atoms with E-state index in [1.807, 2.05) is 0 Å². The predicted molar refractivity (Wildman–Crippen MR) is 102 cm³/mol. The van der Waals surface area contributed by atoms with E-state index >= 15 is 0 Å². The van der Waals surface area contributed by atoms with Crippen LogP contribution in [0.2, 0.25) is 0 Å². The topological polar surface area (TPSA) is 52.7 Å². The molecule has 0 spiro atoms. The molecule has 5 nitrogen and oxygen atoms in total. The summed E-state index contributed by atoms with van der Waals surface area (Å²) in [5.41, 5.74) is 0.874. The minimum absolute atomic E-state index is 0.0411. The predicted octanol–water partition coefficient (Wildman–Crippen LogP) is 2.55. The van der Waals surface area contributed by atoms with E-state index in [-0.39, 0.29) is 30.1 Å². The molecule has 1 N–H and O–H groups in total. The van der Waals surface area contributed by atoms with Gasteiger partial charge < -0.3 is 10.2 Å². The molecule has 1 aromatic carbocycles. The average molecular weight is 375 g/mol. The number of halogens is 1. The van der Waals surface area contributed by atoms with E-state index in [2.05, 4.69) is 10.2 Å². The third-order valence-corrected chi connectivity index (χ3v) is 5.79. The zero-order valence-electron chi connectivity index (χ0n) is 16.1. The molecule has 0 bridgehead atoms. The van der Waals surface area contributed by atoms with E-state index in [9.17, 15) is 14.0 Å². The van der Waals surface area contributed by atoms with Crippen molar-refractivity contribution in [1.82, 2.24) is 15.1 Å². The molecule has 148 valence electrons. The van der Waals surface area contributed by atoms with E-state index in [1.54, 1.807) is 24.1 Å². The number of amides is 2. The first kappa shape index (κ1) is 19.8. The largest absolute Gasteiger partial charge is 0.353 e. The summed E-state index contributed by atoms with van der Waals surface area (Å²) in [4.78, 5) is 29.0. The van der Waals surface area contributed by atoms with Crippen LogP contribution in [0.5, 0.6) is 0 Å². The van der Waals surface area contributed by atoms with Gasteiger partial charge in [0.15, 0.2) is 0 Å². The second-order valence-electron chi connectivity index (χ2n) is 7.89. The molecule has 1 heterocycles. The third-order valence-electron chi connectivity index (χ3n) is 5.79. The number of nitrogens with zero attached hydrogens (tertiary/aromatic N) is 2. The molecule has 0 radical (unpaired) electrons. The van der Waals surface area contributed by atoms with E-state index < -0.39 is 0 Å². The Kier molecular flexibility index (Phi) is 6.83. The Morgan fingerprint density at radius 2 is 1.93 bits per heavy atom. The minimum Gasteiger partial charge on any atom is -0.353 e. The lowest BCUT2D eigenvalue weighted by Crippen LogP contribution is -2.57. The Morgan fingerprint density at radius 1 is 1.22 bits per heavy atom. The number of hydrogen-bond acceptors (Lipinski definition) is 3. The Bertz CT molecular complexity index is 643. The van der Waals surface area contributed by atoms with Crippen LogP contribution in [0.4, 0.5) is 4.39 Å². The van der Waals surface area contributed by atoms with Gasteiger partial charge in [-0.25, -0.2) is 4.39 Å². The molecule has 2 aliphatic rings. The summed E-state index contributed by atoms with van der Waals surface area (Å²) in [6.07, 6.45) is 6.50. The molecule has 0 unspecified atom stereocenters. The van der Waals surface area contributed by atoms with Gasteiger partial charge in [-0.2, -0.15) is 0 Å². The van der Waals surface area contributed by atoms with Crippen LogP contribution in [-0.4, -0.2) is 54.3 Å². The van der Waals surface area contributed by atoms with Crippen LogP contribution >= 0.6 is 0 Å². The number of rotatable bonds is 6. The quantitative estimate of drug-likeness (QED) is 0.831. The van der Waals surface area contributed by atoms with Crippen LogP contribution in [0.3, 0.4) is 0 Å². The van der Waals surface area contributed by atoms with E-state index in [1.165, 1.54) is 44.2 Å². The summed E-state index contributed by atoms with van der Waals surface area (Å²) < 4.78 is 13.0. The Morgan fingerprint density at radius 3 is 2.63 bits per heavy atom. The van der Waals surface area contributed by atoms with Gasteiger partial charge in [0.1, 0.15) is 5.82 Å².